The first-order valence-electron chi connectivity index (χ1n) is 6.76. The smallest absolute Gasteiger partial charge is 0.290 e. The van der Waals surface area contributed by atoms with E-state index in [1.54, 1.807) is 0 Å². The highest BCUT2D eigenvalue weighted by atomic mass is 35.5. The number of hydrogen-bond acceptors (Lipinski definition) is 4. The molecular weight excluding hydrogens is 321 g/mol. The Hall–Kier alpha value is -1.02. The summed E-state index contributed by atoms with van der Waals surface area (Å²) in [4.78, 5) is 1.50. The van der Waals surface area contributed by atoms with E-state index in [2.05, 4.69) is 5.32 Å². The molecule has 0 aliphatic carbocycles. The summed E-state index contributed by atoms with van der Waals surface area (Å²) in [5.74, 6) is -3.92. The minimum absolute atomic E-state index is 0. The van der Waals surface area contributed by atoms with Gasteiger partial charge >= 0.3 is 0 Å². The molecule has 1 aliphatic rings. The summed E-state index contributed by atoms with van der Waals surface area (Å²) in [5, 5.41) is 12.1. The maximum absolute atomic E-state index is 14.2. The minimum atomic E-state index is -3.42. The molecule has 1 heterocycles. The Bertz CT molecular complexity index is 485. The molecule has 126 valence electrons. The second kappa shape index (κ2) is 8.01. The van der Waals surface area contributed by atoms with Crippen LogP contribution in [-0.2, 0) is 0 Å². The lowest BCUT2D eigenvalue weighted by molar-refractivity contribution is -0.119. The summed E-state index contributed by atoms with van der Waals surface area (Å²) in [6.45, 7) is 0.510. The van der Waals surface area contributed by atoms with Crippen LogP contribution in [0.1, 0.15) is 11.6 Å². The molecule has 1 atom stereocenters. The molecule has 0 spiro atoms. The molecule has 1 saturated heterocycles. The zero-order valence-electron chi connectivity index (χ0n) is 12.2. The molecule has 1 aliphatic heterocycles. The highest BCUT2D eigenvalue weighted by Gasteiger charge is 2.45. The number of hydrogen-bond donors (Lipinski definition) is 2. The van der Waals surface area contributed by atoms with Crippen molar-refractivity contribution in [1.82, 2.24) is 10.2 Å². The molecule has 0 unspecified atom stereocenters. The van der Waals surface area contributed by atoms with Crippen LogP contribution >= 0.6 is 12.4 Å². The Morgan fingerprint density at radius 1 is 1.36 bits per heavy atom. The lowest BCUT2D eigenvalue weighted by Gasteiger charge is -2.38. The van der Waals surface area contributed by atoms with Gasteiger partial charge in [0.05, 0.1) is 7.11 Å². The zero-order valence-corrected chi connectivity index (χ0v) is 13.0. The van der Waals surface area contributed by atoms with Crippen LogP contribution in [0.5, 0.6) is 5.75 Å². The summed E-state index contributed by atoms with van der Waals surface area (Å²) in [5.41, 5.74) is -0.128. The van der Waals surface area contributed by atoms with Crippen molar-refractivity contribution in [3.8, 4) is 5.75 Å². The number of benzene rings is 1. The predicted molar refractivity (Wildman–Crippen MR) is 79.4 cm³/mol. The first kappa shape index (κ1) is 19.0. The highest BCUT2D eigenvalue weighted by Crippen LogP contribution is 2.38. The van der Waals surface area contributed by atoms with Crippen molar-refractivity contribution in [3.05, 3.63) is 29.6 Å². The fourth-order valence-corrected chi connectivity index (χ4v) is 2.57. The number of ether oxygens (including phenoxy) is 1. The molecular formula is C14H20ClF3N2O2. The van der Waals surface area contributed by atoms with Gasteiger partial charge in [-0.05, 0) is 6.07 Å². The van der Waals surface area contributed by atoms with Gasteiger partial charge in [-0.2, -0.15) is 0 Å². The minimum Gasteiger partial charge on any atom is -0.497 e. The third-order valence-electron chi connectivity index (χ3n) is 3.63. The van der Waals surface area contributed by atoms with Crippen LogP contribution in [0.25, 0.3) is 0 Å². The SMILES string of the molecule is COc1ccc([C@H](N2CCNCC2)C(F)(F)CO)c(F)c1.Cl. The number of halogens is 4. The molecule has 8 heteroatoms. The number of nitrogens with zero attached hydrogens (tertiary/aromatic N) is 1. The van der Waals surface area contributed by atoms with Gasteiger partial charge in [0.1, 0.15) is 24.2 Å². The van der Waals surface area contributed by atoms with E-state index in [0.29, 0.717) is 26.2 Å². The second-order valence-electron chi connectivity index (χ2n) is 5.00. The first-order chi connectivity index (χ1) is 9.99. The van der Waals surface area contributed by atoms with Crippen molar-refractivity contribution in [3.63, 3.8) is 0 Å². The third kappa shape index (κ3) is 4.04. The summed E-state index contributed by atoms with van der Waals surface area (Å²) < 4.78 is 47.3. The first-order valence-corrected chi connectivity index (χ1v) is 6.76. The zero-order chi connectivity index (χ0) is 15.5. The van der Waals surface area contributed by atoms with E-state index >= 15 is 0 Å². The molecule has 4 nitrogen and oxygen atoms in total. The normalized spacial score (nSPS) is 17.7. The van der Waals surface area contributed by atoms with Gasteiger partial charge in [-0.15, -0.1) is 12.4 Å². The van der Waals surface area contributed by atoms with Gasteiger partial charge in [0.15, 0.2) is 0 Å². The van der Waals surface area contributed by atoms with E-state index < -0.39 is 24.4 Å². The summed E-state index contributed by atoms with van der Waals surface area (Å²) >= 11 is 0. The van der Waals surface area contributed by atoms with E-state index in [4.69, 9.17) is 9.84 Å². The average molecular weight is 341 g/mol. The number of methoxy groups -OCH3 is 1. The highest BCUT2D eigenvalue weighted by molar-refractivity contribution is 5.85. The molecule has 1 aromatic rings. The van der Waals surface area contributed by atoms with Crippen LogP contribution < -0.4 is 10.1 Å². The molecule has 1 aromatic carbocycles. The monoisotopic (exact) mass is 340 g/mol. The van der Waals surface area contributed by atoms with E-state index in [1.807, 2.05) is 0 Å². The topological polar surface area (TPSA) is 44.7 Å². The van der Waals surface area contributed by atoms with Gasteiger partial charge < -0.3 is 15.2 Å². The van der Waals surface area contributed by atoms with Crippen LogP contribution in [0.15, 0.2) is 18.2 Å². The molecule has 0 aromatic heterocycles. The molecule has 0 saturated carbocycles. The quantitative estimate of drug-likeness (QED) is 0.858. The van der Waals surface area contributed by atoms with Crippen LogP contribution in [0.4, 0.5) is 13.2 Å². The average Bonchev–Trinajstić information content (AvgIpc) is 2.50. The summed E-state index contributed by atoms with van der Waals surface area (Å²) in [6.07, 6.45) is 0. The van der Waals surface area contributed by atoms with Crippen molar-refractivity contribution in [2.24, 2.45) is 0 Å². The molecule has 0 bridgehead atoms. The molecule has 0 radical (unpaired) electrons. The van der Waals surface area contributed by atoms with Gasteiger partial charge in [0.25, 0.3) is 5.92 Å². The van der Waals surface area contributed by atoms with E-state index in [-0.39, 0.29) is 23.7 Å². The van der Waals surface area contributed by atoms with Gasteiger partial charge in [0.2, 0.25) is 0 Å². The van der Waals surface area contributed by atoms with Gasteiger partial charge in [-0.25, -0.2) is 13.2 Å². The maximum Gasteiger partial charge on any atom is 0.290 e. The molecule has 0 amide bonds. The van der Waals surface area contributed by atoms with Crippen molar-refractivity contribution < 1.29 is 23.0 Å². The largest absolute Gasteiger partial charge is 0.497 e. The lowest BCUT2D eigenvalue weighted by atomic mass is 9.97. The van der Waals surface area contributed by atoms with Gasteiger partial charge in [-0.1, -0.05) is 6.07 Å². The van der Waals surface area contributed by atoms with E-state index in [1.165, 1.54) is 24.1 Å². The van der Waals surface area contributed by atoms with Crippen molar-refractivity contribution >= 4 is 12.4 Å². The van der Waals surface area contributed by atoms with Crippen molar-refractivity contribution in [2.45, 2.75) is 12.0 Å². The predicted octanol–water partition coefficient (Wildman–Crippen LogP) is 1.83. The Morgan fingerprint density at radius 2 is 2.00 bits per heavy atom. The summed E-state index contributed by atoms with van der Waals surface area (Å²) in [7, 11) is 1.38. The number of alkyl halides is 2. The Morgan fingerprint density at radius 3 is 2.50 bits per heavy atom. The third-order valence-corrected chi connectivity index (χ3v) is 3.63. The number of nitrogens with one attached hydrogen (secondary N) is 1. The summed E-state index contributed by atoms with van der Waals surface area (Å²) in [6, 6.07) is 2.33. The second-order valence-corrected chi connectivity index (χ2v) is 5.00. The number of aliphatic hydroxyl groups is 1. The Balaban J connectivity index is 0.00000242. The van der Waals surface area contributed by atoms with Crippen LogP contribution in [-0.4, -0.2) is 55.8 Å². The van der Waals surface area contributed by atoms with E-state index in [0.717, 1.165) is 6.07 Å². The lowest BCUT2D eigenvalue weighted by Crippen LogP contribution is -2.51. The van der Waals surface area contributed by atoms with Crippen LogP contribution in [0, 0.1) is 5.82 Å². The van der Waals surface area contributed by atoms with Crippen molar-refractivity contribution in [2.75, 3.05) is 39.9 Å². The maximum atomic E-state index is 14.2. The van der Waals surface area contributed by atoms with Crippen molar-refractivity contribution in [1.29, 1.82) is 0 Å². The molecule has 22 heavy (non-hydrogen) atoms. The number of rotatable bonds is 5. The Labute approximate surface area is 133 Å². The number of piperazine rings is 1. The van der Waals surface area contributed by atoms with E-state index in [9.17, 15) is 13.2 Å². The fourth-order valence-electron chi connectivity index (χ4n) is 2.57. The van der Waals surface area contributed by atoms with Crippen LogP contribution in [0.3, 0.4) is 0 Å². The number of aliphatic hydroxyl groups excluding tert-OH is 1. The standard InChI is InChI=1S/C14H19F3N2O2.ClH/c1-21-10-2-3-11(12(15)8-10)13(14(16,17)9-20)19-6-4-18-5-7-19;/h2-3,8,13,18,20H,4-7,9H2,1H3;1H/t13-;/m0./s1. The van der Waals surface area contributed by atoms with Gasteiger partial charge in [0, 0.05) is 37.8 Å². The fraction of sp³-hybridized carbons (Fsp3) is 0.571. The molecule has 2 rings (SSSR count). The molecule has 1 fully saturated rings. The van der Waals surface area contributed by atoms with Gasteiger partial charge in [-0.3, -0.25) is 4.90 Å². The van der Waals surface area contributed by atoms with Crippen LogP contribution in [0.2, 0.25) is 0 Å². The molecule has 2 N–H and O–H groups in total. The Kier molecular flexibility index (Phi) is 6.93.